The van der Waals surface area contributed by atoms with Crippen molar-refractivity contribution in [2.45, 2.75) is 18.9 Å². The van der Waals surface area contributed by atoms with Gasteiger partial charge in [-0.2, -0.15) is 0 Å². The summed E-state index contributed by atoms with van der Waals surface area (Å²) in [5, 5.41) is 24.0. The molecule has 0 unspecified atom stereocenters. The fraction of sp³-hybridized carbons (Fsp3) is 0.636. The van der Waals surface area contributed by atoms with Crippen LogP contribution in [-0.4, -0.2) is 66.9 Å². The third kappa shape index (κ3) is 10.1. The SMILES string of the molecule is COCCNC(=O)CCNC(=O)N[C@H](CC(=O)O)C(=O)O. The highest BCUT2D eigenvalue weighted by atomic mass is 16.5. The first-order valence-electron chi connectivity index (χ1n) is 6.11. The molecular formula is C11H19N3O7. The third-order valence-electron chi connectivity index (χ3n) is 2.25. The lowest BCUT2D eigenvalue weighted by atomic mass is 10.2. The van der Waals surface area contributed by atoms with E-state index in [0.717, 1.165) is 0 Å². The van der Waals surface area contributed by atoms with Gasteiger partial charge in [-0.05, 0) is 0 Å². The maximum Gasteiger partial charge on any atom is 0.326 e. The van der Waals surface area contributed by atoms with Crippen LogP contribution in [0.1, 0.15) is 12.8 Å². The zero-order valence-electron chi connectivity index (χ0n) is 11.5. The second-order valence-electron chi connectivity index (χ2n) is 3.98. The van der Waals surface area contributed by atoms with Gasteiger partial charge in [-0.3, -0.25) is 9.59 Å². The van der Waals surface area contributed by atoms with Crippen LogP contribution < -0.4 is 16.0 Å². The lowest BCUT2D eigenvalue weighted by Crippen LogP contribution is -2.47. The molecule has 0 aliphatic heterocycles. The van der Waals surface area contributed by atoms with Gasteiger partial charge in [0.2, 0.25) is 5.91 Å². The van der Waals surface area contributed by atoms with E-state index in [-0.39, 0.29) is 18.9 Å². The van der Waals surface area contributed by atoms with Gasteiger partial charge in [0.15, 0.2) is 0 Å². The average molecular weight is 305 g/mol. The summed E-state index contributed by atoms with van der Waals surface area (Å²) in [6, 6.07) is -2.38. The van der Waals surface area contributed by atoms with Gasteiger partial charge in [0.25, 0.3) is 0 Å². The number of nitrogens with one attached hydrogen (secondary N) is 3. The Morgan fingerprint density at radius 1 is 1.10 bits per heavy atom. The molecule has 1 atom stereocenters. The van der Waals surface area contributed by atoms with Crippen molar-refractivity contribution in [3.63, 3.8) is 0 Å². The molecule has 0 radical (unpaired) electrons. The largest absolute Gasteiger partial charge is 0.481 e. The molecule has 0 aromatic heterocycles. The van der Waals surface area contributed by atoms with Gasteiger partial charge >= 0.3 is 18.0 Å². The molecule has 0 heterocycles. The first-order chi connectivity index (χ1) is 9.86. The Bertz CT molecular complexity index is 386. The van der Waals surface area contributed by atoms with Gasteiger partial charge in [0, 0.05) is 26.6 Å². The molecule has 0 aliphatic carbocycles. The average Bonchev–Trinajstić information content (AvgIpc) is 2.37. The summed E-state index contributed by atoms with van der Waals surface area (Å²) >= 11 is 0. The van der Waals surface area contributed by atoms with Crippen LogP contribution in [0, 0.1) is 0 Å². The van der Waals surface area contributed by atoms with Crippen molar-refractivity contribution >= 4 is 23.9 Å². The van der Waals surface area contributed by atoms with Crippen LogP contribution in [0.25, 0.3) is 0 Å². The molecule has 5 N–H and O–H groups in total. The number of hydrogen-bond acceptors (Lipinski definition) is 5. The van der Waals surface area contributed by atoms with Crippen LogP contribution in [0.5, 0.6) is 0 Å². The van der Waals surface area contributed by atoms with Crippen LogP contribution in [0.2, 0.25) is 0 Å². The van der Waals surface area contributed by atoms with Crippen molar-refractivity contribution in [1.29, 1.82) is 0 Å². The third-order valence-corrected chi connectivity index (χ3v) is 2.25. The number of carbonyl (C=O) groups is 4. The maximum atomic E-state index is 11.4. The van der Waals surface area contributed by atoms with Crippen molar-refractivity contribution < 1.29 is 34.1 Å². The summed E-state index contributed by atoms with van der Waals surface area (Å²) in [6.45, 7) is 0.709. The smallest absolute Gasteiger partial charge is 0.326 e. The highest BCUT2D eigenvalue weighted by Gasteiger charge is 2.22. The predicted octanol–water partition coefficient (Wildman–Crippen LogP) is -1.63. The van der Waals surface area contributed by atoms with Gasteiger partial charge in [0.1, 0.15) is 6.04 Å². The Balaban J connectivity index is 3.94. The minimum Gasteiger partial charge on any atom is -0.481 e. The number of rotatable bonds is 10. The number of methoxy groups -OCH3 is 1. The molecule has 120 valence electrons. The van der Waals surface area contributed by atoms with E-state index in [4.69, 9.17) is 14.9 Å². The van der Waals surface area contributed by atoms with E-state index in [1.165, 1.54) is 7.11 Å². The van der Waals surface area contributed by atoms with Gasteiger partial charge < -0.3 is 30.9 Å². The van der Waals surface area contributed by atoms with E-state index >= 15 is 0 Å². The highest BCUT2D eigenvalue weighted by molar-refractivity contribution is 5.86. The van der Waals surface area contributed by atoms with E-state index in [9.17, 15) is 19.2 Å². The first kappa shape index (κ1) is 18.6. The lowest BCUT2D eigenvalue weighted by molar-refractivity contribution is -0.145. The summed E-state index contributed by atoms with van der Waals surface area (Å²) < 4.78 is 4.73. The maximum absolute atomic E-state index is 11.4. The molecule has 3 amide bonds. The number of hydrogen-bond donors (Lipinski definition) is 5. The van der Waals surface area contributed by atoms with E-state index in [0.29, 0.717) is 13.2 Å². The van der Waals surface area contributed by atoms with Crippen molar-refractivity contribution in [2.24, 2.45) is 0 Å². The zero-order chi connectivity index (χ0) is 16.3. The minimum atomic E-state index is -1.53. The fourth-order valence-electron chi connectivity index (χ4n) is 1.25. The molecular weight excluding hydrogens is 286 g/mol. The lowest BCUT2D eigenvalue weighted by Gasteiger charge is -2.13. The number of amides is 3. The summed E-state index contributed by atoms with van der Waals surface area (Å²) in [4.78, 5) is 43.8. The molecule has 10 heteroatoms. The Kier molecular flexibility index (Phi) is 9.26. The Morgan fingerprint density at radius 2 is 1.76 bits per heavy atom. The number of carbonyl (C=O) groups excluding carboxylic acids is 2. The van der Waals surface area contributed by atoms with Crippen LogP contribution in [0.15, 0.2) is 0 Å². The quantitative estimate of drug-likeness (QED) is 0.303. The molecule has 0 aliphatic rings. The monoisotopic (exact) mass is 305 g/mol. The summed E-state index contributed by atoms with van der Waals surface area (Å²) in [5.41, 5.74) is 0. The van der Waals surface area contributed by atoms with Gasteiger partial charge in [0.05, 0.1) is 13.0 Å². The number of ether oxygens (including phenoxy) is 1. The molecule has 0 saturated carbocycles. The van der Waals surface area contributed by atoms with Crippen molar-refractivity contribution in [2.75, 3.05) is 26.8 Å². The van der Waals surface area contributed by atoms with Gasteiger partial charge in [-0.25, -0.2) is 9.59 Å². The molecule has 10 nitrogen and oxygen atoms in total. The Morgan fingerprint density at radius 3 is 2.29 bits per heavy atom. The summed E-state index contributed by atoms with van der Waals surface area (Å²) in [6.07, 6.45) is -0.728. The predicted molar refractivity (Wildman–Crippen MR) is 69.7 cm³/mol. The van der Waals surface area contributed by atoms with E-state index in [2.05, 4.69) is 10.6 Å². The van der Waals surface area contributed by atoms with Crippen molar-refractivity contribution in [3.05, 3.63) is 0 Å². The van der Waals surface area contributed by atoms with E-state index in [1.54, 1.807) is 0 Å². The molecule has 0 bridgehead atoms. The van der Waals surface area contributed by atoms with Crippen LogP contribution in [-0.2, 0) is 19.1 Å². The number of carboxylic acid groups (broad SMARTS) is 2. The van der Waals surface area contributed by atoms with Crippen LogP contribution >= 0.6 is 0 Å². The number of urea groups is 1. The van der Waals surface area contributed by atoms with Crippen LogP contribution in [0.4, 0.5) is 4.79 Å². The Hall–Kier alpha value is -2.36. The number of aliphatic carboxylic acids is 2. The molecule has 0 rings (SSSR count). The molecule has 0 aromatic rings. The first-order valence-corrected chi connectivity index (χ1v) is 6.11. The molecule has 0 spiro atoms. The minimum absolute atomic E-state index is 0.00774. The van der Waals surface area contributed by atoms with Gasteiger partial charge in [-0.15, -0.1) is 0 Å². The van der Waals surface area contributed by atoms with Crippen molar-refractivity contribution in [3.8, 4) is 0 Å². The number of carboxylic acids is 2. The van der Waals surface area contributed by atoms with Crippen molar-refractivity contribution in [1.82, 2.24) is 16.0 Å². The second kappa shape index (κ2) is 10.4. The van der Waals surface area contributed by atoms with Gasteiger partial charge in [-0.1, -0.05) is 0 Å². The van der Waals surface area contributed by atoms with E-state index in [1.807, 2.05) is 5.32 Å². The molecule has 0 fully saturated rings. The standard InChI is InChI=1S/C11H19N3O7/c1-21-5-4-12-8(15)2-3-13-11(20)14-7(10(18)19)6-9(16)17/h7H,2-6H2,1H3,(H,12,15)(H,16,17)(H,18,19)(H2,13,14,20)/t7-/m1/s1. The molecule has 0 saturated heterocycles. The highest BCUT2D eigenvalue weighted by Crippen LogP contribution is 1.92. The normalized spacial score (nSPS) is 11.3. The zero-order valence-corrected chi connectivity index (χ0v) is 11.5. The topological polar surface area (TPSA) is 154 Å². The summed E-state index contributed by atoms with van der Waals surface area (Å²) in [7, 11) is 1.49. The fourth-order valence-corrected chi connectivity index (χ4v) is 1.25. The van der Waals surface area contributed by atoms with Crippen LogP contribution in [0.3, 0.4) is 0 Å². The molecule has 0 aromatic carbocycles. The second-order valence-corrected chi connectivity index (χ2v) is 3.98. The molecule has 21 heavy (non-hydrogen) atoms. The van der Waals surface area contributed by atoms with E-state index < -0.39 is 30.4 Å². The summed E-state index contributed by atoms with van der Waals surface area (Å²) in [5.74, 6) is -3.10. The Labute approximate surface area is 120 Å².